The van der Waals surface area contributed by atoms with Gasteiger partial charge in [0.05, 0.1) is 6.42 Å². The molecule has 0 aliphatic carbocycles. The van der Waals surface area contributed by atoms with Gasteiger partial charge in [-0.05, 0) is 23.8 Å². The van der Waals surface area contributed by atoms with Gasteiger partial charge in [0, 0.05) is 29.7 Å². The first-order chi connectivity index (χ1) is 14.1. The fourth-order valence-electron chi connectivity index (χ4n) is 2.68. The summed E-state index contributed by atoms with van der Waals surface area (Å²) < 4.78 is 5.31. The molecule has 4 aromatic rings. The van der Waals surface area contributed by atoms with Crippen molar-refractivity contribution in [1.29, 1.82) is 0 Å². The molecule has 1 amide bonds. The summed E-state index contributed by atoms with van der Waals surface area (Å²) >= 11 is 0. The number of benzene rings is 1. The van der Waals surface area contributed by atoms with Gasteiger partial charge in [-0.1, -0.05) is 23.4 Å². The van der Waals surface area contributed by atoms with Crippen molar-refractivity contribution in [2.75, 3.05) is 5.32 Å². The van der Waals surface area contributed by atoms with Crippen LogP contribution in [0.5, 0.6) is 0 Å². The van der Waals surface area contributed by atoms with Crippen LogP contribution < -0.4 is 16.6 Å². The monoisotopic (exact) mass is 390 g/mol. The average Bonchev–Trinajstić information content (AvgIpc) is 3.18. The summed E-state index contributed by atoms with van der Waals surface area (Å²) in [6.07, 6.45) is 3.55. The fraction of sp³-hybridized carbons (Fsp3) is 0.0526. The lowest BCUT2D eigenvalue weighted by atomic mass is 10.1. The Labute approximate surface area is 162 Å². The number of pyridine rings is 1. The number of H-pyrrole nitrogens is 2. The highest BCUT2D eigenvalue weighted by Crippen LogP contribution is 2.21. The minimum Gasteiger partial charge on any atom is -0.339 e. The molecule has 10 heteroatoms. The molecule has 0 bridgehead atoms. The van der Waals surface area contributed by atoms with Gasteiger partial charge in [-0.2, -0.15) is 4.98 Å². The minimum atomic E-state index is -0.759. The van der Waals surface area contributed by atoms with E-state index < -0.39 is 17.2 Å². The molecule has 0 saturated carbocycles. The van der Waals surface area contributed by atoms with Crippen LogP contribution >= 0.6 is 0 Å². The van der Waals surface area contributed by atoms with E-state index in [1.165, 1.54) is 0 Å². The standard InChI is InChI=1S/C19H14N6O4/c26-15-10-14(22-19(28)23-15)18(27)21-13-4-2-1-3-12(13)9-16-24-17(25-29-16)11-5-7-20-8-6-11/h1-8,10H,9H2,(H,21,27)(H2,22,23,26,28). The van der Waals surface area contributed by atoms with E-state index in [0.717, 1.165) is 17.2 Å². The lowest BCUT2D eigenvalue weighted by molar-refractivity contribution is 0.102. The second kappa shape index (κ2) is 7.72. The van der Waals surface area contributed by atoms with E-state index in [9.17, 15) is 14.4 Å². The number of aromatic amines is 2. The normalized spacial score (nSPS) is 10.6. The van der Waals surface area contributed by atoms with E-state index in [1.54, 1.807) is 48.8 Å². The van der Waals surface area contributed by atoms with Crippen molar-refractivity contribution in [3.8, 4) is 11.4 Å². The van der Waals surface area contributed by atoms with Crippen LogP contribution in [0.15, 0.2) is 69.0 Å². The Bertz CT molecular complexity index is 1250. The van der Waals surface area contributed by atoms with Crippen LogP contribution in [-0.2, 0) is 6.42 Å². The van der Waals surface area contributed by atoms with Crippen LogP contribution in [0.25, 0.3) is 11.4 Å². The molecular weight excluding hydrogens is 376 g/mol. The quantitative estimate of drug-likeness (QED) is 0.466. The molecule has 0 atom stereocenters. The first-order valence-electron chi connectivity index (χ1n) is 8.54. The molecule has 144 valence electrons. The Hall–Kier alpha value is -4.34. The number of carbonyl (C=O) groups excluding carboxylic acids is 1. The maximum Gasteiger partial charge on any atom is 0.326 e. The lowest BCUT2D eigenvalue weighted by Crippen LogP contribution is -2.27. The van der Waals surface area contributed by atoms with E-state index >= 15 is 0 Å². The van der Waals surface area contributed by atoms with Gasteiger partial charge in [-0.15, -0.1) is 0 Å². The highest BCUT2D eigenvalue weighted by Gasteiger charge is 2.14. The predicted octanol–water partition coefficient (Wildman–Crippen LogP) is 1.35. The molecule has 10 nitrogen and oxygen atoms in total. The van der Waals surface area contributed by atoms with Gasteiger partial charge >= 0.3 is 5.69 Å². The minimum absolute atomic E-state index is 0.147. The number of amides is 1. The van der Waals surface area contributed by atoms with Gasteiger partial charge in [0.2, 0.25) is 11.7 Å². The Morgan fingerprint density at radius 2 is 1.86 bits per heavy atom. The molecule has 3 N–H and O–H groups in total. The molecule has 0 spiro atoms. The van der Waals surface area contributed by atoms with Crippen molar-refractivity contribution in [2.45, 2.75) is 6.42 Å². The SMILES string of the molecule is O=C(Nc1ccccc1Cc1nc(-c2ccncc2)no1)c1cc(=O)[nH]c(=O)[nH]1. The second-order valence-electron chi connectivity index (χ2n) is 6.04. The van der Waals surface area contributed by atoms with Gasteiger partial charge in [-0.3, -0.25) is 19.6 Å². The van der Waals surface area contributed by atoms with E-state index in [-0.39, 0.29) is 12.1 Å². The zero-order valence-electron chi connectivity index (χ0n) is 14.9. The summed E-state index contributed by atoms with van der Waals surface area (Å²) in [6.45, 7) is 0. The van der Waals surface area contributed by atoms with Crippen LogP contribution in [0.1, 0.15) is 21.9 Å². The highest BCUT2D eigenvalue weighted by atomic mass is 16.5. The van der Waals surface area contributed by atoms with E-state index in [4.69, 9.17) is 4.52 Å². The number of nitrogens with one attached hydrogen (secondary N) is 3. The molecule has 4 rings (SSSR count). The number of anilines is 1. The summed E-state index contributed by atoms with van der Waals surface area (Å²) in [7, 11) is 0. The lowest BCUT2D eigenvalue weighted by Gasteiger charge is -2.09. The zero-order valence-corrected chi connectivity index (χ0v) is 14.9. The molecule has 0 fully saturated rings. The molecule has 0 saturated heterocycles. The molecule has 0 unspecified atom stereocenters. The van der Waals surface area contributed by atoms with Gasteiger partial charge < -0.3 is 14.8 Å². The highest BCUT2D eigenvalue weighted by molar-refractivity contribution is 6.03. The smallest absolute Gasteiger partial charge is 0.326 e. The third kappa shape index (κ3) is 4.16. The number of nitrogens with zero attached hydrogens (tertiary/aromatic N) is 3. The van der Waals surface area contributed by atoms with E-state index in [2.05, 4.69) is 25.4 Å². The number of carbonyl (C=O) groups is 1. The van der Waals surface area contributed by atoms with Crippen molar-refractivity contribution in [1.82, 2.24) is 25.1 Å². The molecule has 1 aromatic carbocycles. The number of aromatic nitrogens is 5. The molecule has 3 heterocycles. The van der Waals surface area contributed by atoms with Gasteiger partial charge in [0.15, 0.2) is 0 Å². The van der Waals surface area contributed by atoms with Crippen molar-refractivity contribution in [3.05, 3.63) is 92.8 Å². The summed E-state index contributed by atoms with van der Waals surface area (Å²) in [5.74, 6) is 0.178. The van der Waals surface area contributed by atoms with Gasteiger partial charge in [-0.25, -0.2) is 4.79 Å². The summed E-state index contributed by atoms with van der Waals surface area (Å²) in [5.41, 5.74) is 0.411. The number of hydrogen-bond acceptors (Lipinski definition) is 7. The predicted molar refractivity (Wildman–Crippen MR) is 102 cm³/mol. The number of para-hydroxylation sites is 1. The fourth-order valence-corrected chi connectivity index (χ4v) is 2.68. The summed E-state index contributed by atoms with van der Waals surface area (Å²) in [6, 6.07) is 11.6. The number of hydrogen-bond donors (Lipinski definition) is 3. The van der Waals surface area contributed by atoms with Gasteiger partial charge in [0.25, 0.3) is 11.5 Å². The first-order valence-corrected chi connectivity index (χ1v) is 8.54. The molecule has 0 aliphatic heterocycles. The third-order valence-electron chi connectivity index (χ3n) is 4.02. The zero-order chi connectivity index (χ0) is 20.2. The second-order valence-corrected chi connectivity index (χ2v) is 6.04. The topological polar surface area (TPSA) is 147 Å². The molecular formula is C19H14N6O4. The van der Waals surface area contributed by atoms with Crippen LogP contribution in [0.3, 0.4) is 0 Å². The average molecular weight is 390 g/mol. The maximum absolute atomic E-state index is 12.4. The number of rotatable bonds is 5. The van der Waals surface area contributed by atoms with E-state index in [1.807, 2.05) is 4.98 Å². The van der Waals surface area contributed by atoms with Crippen LogP contribution in [0.4, 0.5) is 5.69 Å². The van der Waals surface area contributed by atoms with Crippen molar-refractivity contribution >= 4 is 11.6 Å². The van der Waals surface area contributed by atoms with Crippen molar-refractivity contribution < 1.29 is 9.32 Å². The van der Waals surface area contributed by atoms with Crippen LogP contribution in [0, 0.1) is 0 Å². The first kappa shape index (κ1) is 18.0. The Kier molecular flexibility index (Phi) is 4.81. The van der Waals surface area contributed by atoms with E-state index in [0.29, 0.717) is 17.4 Å². The third-order valence-corrected chi connectivity index (χ3v) is 4.02. The molecule has 0 radical (unpaired) electrons. The largest absolute Gasteiger partial charge is 0.339 e. The molecule has 3 aromatic heterocycles. The maximum atomic E-state index is 12.4. The summed E-state index contributed by atoms with van der Waals surface area (Å²) in [5, 5.41) is 6.64. The molecule has 29 heavy (non-hydrogen) atoms. The molecule has 0 aliphatic rings. The van der Waals surface area contributed by atoms with Crippen molar-refractivity contribution in [2.24, 2.45) is 0 Å². The Morgan fingerprint density at radius 1 is 1.07 bits per heavy atom. The Balaban J connectivity index is 1.56. The van der Waals surface area contributed by atoms with Crippen molar-refractivity contribution in [3.63, 3.8) is 0 Å². The Morgan fingerprint density at radius 3 is 2.66 bits per heavy atom. The van der Waals surface area contributed by atoms with Crippen LogP contribution in [-0.4, -0.2) is 31.0 Å². The van der Waals surface area contributed by atoms with Crippen LogP contribution in [0.2, 0.25) is 0 Å². The summed E-state index contributed by atoms with van der Waals surface area (Å²) in [4.78, 5) is 47.8. The van der Waals surface area contributed by atoms with Gasteiger partial charge in [0.1, 0.15) is 5.69 Å².